The molecule has 7 nitrogen and oxygen atoms in total. The first-order chi connectivity index (χ1) is 18.3. The second-order valence-electron chi connectivity index (χ2n) is 10.6. The van der Waals surface area contributed by atoms with Gasteiger partial charge in [-0.25, -0.2) is 0 Å². The van der Waals surface area contributed by atoms with Crippen LogP contribution in [0.5, 0.6) is 5.75 Å². The quantitative estimate of drug-likeness (QED) is 0.439. The van der Waals surface area contributed by atoms with Gasteiger partial charge >= 0.3 is 5.69 Å². The van der Waals surface area contributed by atoms with E-state index in [1.165, 1.54) is 11.8 Å². The number of piperazine rings is 1. The summed E-state index contributed by atoms with van der Waals surface area (Å²) in [6.45, 7) is 4.34. The van der Waals surface area contributed by atoms with Crippen molar-refractivity contribution in [3.8, 4) is 5.75 Å². The zero-order chi connectivity index (χ0) is 26.7. The summed E-state index contributed by atoms with van der Waals surface area (Å²) in [7, 11) is 3.64. The summed E-state index contributed by atoms with van der Waals surface area (Å²) in [5.41, 5.74) is -1.03. The molecular weight excluding hydrogens is 570 g/mol. The molecule has 3 aromatic rings. The van der Waals surface area contributed by atoms with Crippen LogP contribution in [0.15, 0.2) is 71.3 Å². The monoisotopic (exact) mass is 600 g/mol. The van der Waals surface area contributed by atoms with Crippen molar-refractivity contribution in [1.29, 1.82) is 0 Å². The minimum atomic E-state index is -1.82. The van der Waals surface area contributed by atoms with Crippen LogP contribution < -0.4 is 14.3 Å². The summed E-state index contributed by atoms with van der Waals surface area (Å²) in [4.78, 5) is 10.4. The standard InChI is InChI=1S/C29H32BrClN3O4/c1-32-12-14-33(15-13-32)18-23-25(19-6-4-3-5-7-19)29(20-8-10-21(30)11-9-20)28(36,27(23)35)26-24(38-29)16-22(31)17-34(26)37-2/h3-11,16-17,23,25,27,35-36H,12-15,18H2,1-2H3/q+1/t23-,25-,27-,28+,29+/m1/s1. The van der Waals surface area contributed by atoms with Crippen molar-refractivity contribution in [2.45, 2.75) is 23.2 Å². The van der Waals surface area contributed by atoms with Crippen LogP contribution in [0.25, 0.3) is 0 Å². The van der Waals surface area contributed by atoms with E-state index in [1.807, 2.05) is 42.5 Å². The van der Waals surface area contributed by atoms with Crippen LogP contribution in [0.2, 0.25) is 5.02 Å². The Balaban J connectivity index is 1.60. The average molecular weight is 602 g/mol. The Morgan fingerprint density at radius 2 is 1.79 bits per heavy atom. The Labute approximate surface area is 236 Å². The number of aliphatic hydroxyl groups excluding tert-OH is 1. The van der Waals surface area contributed by atoms with E-state index in [0.29, 0.717) is 23.0 Å². The van der Waals surface area contributed by atoms with Crippen LogP contribution in [0.4, 0.5) is 0 Å². The number of nitrogens with zero attached hydrogens (tertiary/aromatic N) is 3. The summed E-state index contributed by atoms with van der Waals surface area (Å²) in [5, 5.41) is 25.6. The van der Waals surface area contributed by atoms with E-state index >= 15 is 0 Å². The number of aliphatic hydroxyl groups is 2. The number of hydrogen-bond acceptors (Lipinski definition) is 6. The predicted octanol–water partition coefficient (Wildman–Crippen LogP) is 2.95. The largest absolute Gasteiger partial charge is 0.471 e. The Morgan fingerprint density at radius 3 is 2.45 bits per heavy atom. The molecule has 3 heterocycles. The molecule has 3 aliphatic rings. The molecule has 1 aliphatic carbocycles. The molecule has 0 unspecified atom stereocenters. The molecule has 1 saturated carbocycles. The van der Waals surface area contributed by atoms with E-state index in [9.17, 15) is 10.2 Å². The number of rotatable bonds is 5. The first-order valence-corrected chi connectivity index (χ1v) is 14.1. The molecule has 200 valence electrons. The maximum absolute atomic E-state index is 12.9. The number of halogens is 2. The van der Waals surface area contributed by atoms with Crippen LogP contribution in [0, 0.1) is 5.92 Å². The van der Waals surface area contributed by atoms with Crippen LogP contribution in [0.3, 0.4) is 0 Å². The maximum atomic E-state index is 12.9. The first-order valence-electron chi connectivity index (χ1n) is 12.9. The summed E-state index contributed by atoms with van der Waals surface area (Å²) in [5.74, 6) is -0.313. The van der Waals surface area contributed by atoms with Gasteiger partial charge in [0.05, 0.1) is 0 Å². The third-order valence-electron chi connectivity index (χ3n) is 8.55. The summed E-state index contributed by atoms with van der Waals surface area (Å²) >= 11 is 9.99. The Hall–Kier alpha value is -2.20. The third-order valence-corrected chi connectivity index (χ3v) is 9.29. The molecule has 9 heteroatoms. The molecule has 0 radical (unpaired) electrons. The van der Waals surface area contributed by atoms with Gasteiger partial charge < -0.3 is 24.7 Å². The van der Waals surface area contributed by atoms with Gasteiger partial charge in [0, 0.05) is 59.8 Å². The van der Waals surface area contributed by atoms with Gasteiger partial charge in [-0.3, -0.25) is 4.84 Å². The highest BCUT2D eigenvalue weighted by Crippen LogP contribution is 2.67. The fourth-order valence-corrected chi connectivity index (χ4v) is 7.26. The Bertz CT molecular complexity index is 1320. The lowest BCUT2D eigenvalue weighted by Gasteiger charge is -2.40. The molecular formula is C29H32BrClN3O4+. The molecule has 2 aromatic carbocycles. The summed E-state index contributed by atoms with van der Waals surface area (Å²) < 4.78 is 9.25. The van der Waals surface area contributed by atoms with Crippen molar-refractivity contribution in [1.82, 2.24) is 9.80 Å². The van der Waals surface area contributed by atoms with E-state index in [1.54, 1.807) is 12.3 Å². The zero-order valence-corrected chi connectivity index (χ0v) is 23.8. The molecule has 2 aliphatic heterocycles. The molecule has 0 spiro atoms. The maximum Gasteiger partial charge on any atom is 0.314 e. The molecule has 6 rings (SSSR count). The van der Waals surface area contributed by atoms with Crippen LogP contribution in [-0.2, 0) is 11.2 Å². The van der Waals surface area contributed by atoms with Gasteiger partial charge in [0.1, 0.15) is 18.2 Å². The Morgan fingerprint density at radius 1 is 1.11 bits per heavy atom. The van der Waals surface area contributed by atoms with E-state index in [0.717, 1.165) is 41.8 Å². The molecule has 1 saturated heterocycles. The highest BCUT2D eigenvalue weighted by Gasteiger charge is 2.80. The van der Waals surface area contributed by atoms with Gasteiger partial charge in [-0.05, 0) is 30.3 Å². The van der Waals surface area contributed by atoms with Gasteiger partial charge in [-0.15, -0.1) is 0 Å². The summed E-state index contributed by atoms with van der Waals surface area (Å²) in [6.07, 6.45) is 0.442. The minimum Gasteiger partial charge on any atom is -0.471 e. The Kier molecular flexibility index (Phi) is 6.69. The first kappa shape index (κ1) is 26.0. The number of hydrogen-bond donors (Lipinski definition) is 2. The molecule has 2 fully saturated rings. The van der Waals surface area contributed by atoms with E-state index in [2.05, 4.69) is 44.9 Å². The fourth-order valence-electron chi connectivity index (χ4n) is 6.81. The van der Waals surface area contributed by atoms with Crippen molar-refractivity contribution in [3.05, 3.63) is 93.2 Å². The average Bonchev–Trinajstić information content (AvgIpc) is 3.28. The van der Waals surface area contributed by atoms with Crippen molar-refractivity contribution in [2.75, 3.05) is 46.9 Å². The number of ether oxygens (including phenoxy) is 1. The number of pyridine rings is 1. The van der Waals surface area contributed by atoms with E-state index in [4.69, 9.17) is 21.2 Å². The number of likely N-dealkylation sites (N-methyl/N-ethyl adjacent to an activating group) is 1. The third kappa shape index (κ3) is 3.80. The van der Waals surface area contributed by atoms with E-state index in [-0.39, 0.29) is 11.8 Å². The van der Waals surface area contributed by atoms with Crippen molar-refractivity contribution in [2.24, 2.45) is 5.92 Å². The van der Waals surface area contributed by atoms with Crippen molar-refractivity contribution < 1.29 is 24.5 Å². The minimum absolute atomic E-state index is 0.330. The van der Waals surface area contributed by atoms with Crippen LogP contribution in [0.1, 0.15) is 22.7 Å². The lowest BCUT2D eigenvalue weighted by Crippen LogP contribution is -2.58. The molecule has 0 bridgehead atoms. The van der Waals surface area contributed by atoms with E-state index < -0.39 is 17.3 Å². The lowest BCUT2D eigenvalue weighted by atomic mass is 9.71. The second-order valence-corrected chi connectivity index (χ2v) is 11.9. The van der Waals surface area contributed by atoms with Gasteiger partial charge in [-0.1, -0.05) is 70.0 Å². The highest BCUT2D eigenvalue weighted by molar-refractivity contribution is 9.10. The summed E-state index contributed by atoms with van der Waals surface area (Å²) in [6, 6.07) is 19.6. The van der Waals surface area contributed by atoms with Crippen LogP contribution in [-0.4, -0.2) is 73.0 Å². The zero-order valence-electron chi connectivity index (χ0n) is 21.4. The molecule has 2 N–H and O–H groups in total. The number of fused-ring (bicyclic) bond motifs is 3. The molecule has 0 amide bonds. The lowest BCUT2D eigenvalue weighted by molar-refractivity contribution is -0.894. The van der Waals surface area contributed by atoms with Crippen molar-refractivity contribution in [3.63, 3.8) is 0 Å². The number of benzene rings is 2. The molecule has 5 atom stereocenters. The van der Waals surface area contributed by atoms with Gasteiger partial charge in [0.15, 0.2) is 11.4 Å². The van der Waals surface area contributed by atoms with Gasteiger partial charge in [0.25, 0.3) is 0 Å². The smallest absolute Gasteiger partial charge is 0.314 e. The fraction of sp³-hybridized carbons (Fsp3) is 0.414. The molecule has 1 aromatic heterocycles. The van der Waals surface area contributed by atoms with Gasteiger partial charge in [0.2, 0.25) is 11.8 Å². The normalized spacial score (nSPS) is 31.1. The molecule has 38 heavy (non-hydrogen) atoms. The topological polar surface area (TPSA) is 69.3 Å². The van der Waals surface area contributed by atoms with Crippen molar-refractivity contribution >= 4 is 27.5 Å². The SMILES string of the molecule is CO[n+]1cc(Cl)cc2c1[C@]1(O)[C@H](O)[C@H](CN3CCN(C)CC3)[C@@H](c3ccccc3)[C@]1(c1ccc(Br)cc1)O2. The van der Waals surface area contributed by atoms with Gasteiger partial charge in [-0.2, -0.15) is 0 Å². The predicted molar refractivity (Wildman–Crippen MR) is 147 cm³/mol. The number of aromatic nitrogens is 1. The second kappa shape index (κ2) is 9.77. The highest BCUT2D eigenvalue weighted by atomic mass is 79.9. The van der Waals surface area contributed by atoms with Crippen LogP contribution >= 0.6 is 27.5 Å².